The maximum absolute atomic E-state index is 11.3. The molecule has 0 amide bonds. The molecule has 0 saturated carbocycles. The molecule has 4 heteroatoms. The zero-order chi connectivity index (χ0) is 11.3. The van der Waals surface area contributed by atoms with Gasteiger partial charge in [0.05, 0.1) is 6.61 Å². The van der Waals surface area contributed by atoms with Crippen molar-refractivity contribution in [3.05, 3.63) is 28.7 Å². The summed E-state index contributed by atoms with van der Waals surface area (Å²) < 4.78 is 11.2. The van der Waals surface area contributed by atoms with Crippen molar-refractivity contribution in [3.63, 3.8) is 0 Å². The third-order valence-corrected chi connectivity index (χ3v) is 2.27. The molecule has 0 N–H and O–H groups in total. The molecule has 15 heavy (non-hydrogen) atoms. The first kappa shape index (κ1) is 12.0. The lowest BCUT2D eigenvalue weighted by atomic mass is 10.3. The summed E-state index contributed by atoms with van der Waals surface area (Å²) >= 11 is 3.32. The van der Waals surface area contributed by atoms with Crippen LogP contribution in [-0.4, -0.2) is 18.7 Å². The number of hydrogen-bond donors (Lipinski definition) is 0. The van der Waals surface area contributed by atoms with Gasteiger partial charge in [-0.3, -0.25) is 0 Å². The maximum atomic E-state index is 11.3. The van der Waals surface area contributed by atoms with Crippen LogP contribution in [0.4, 0.5) is 0 Å². The molecule has 1 aromatic rings. The van der Waals surface area contributed by atoms with Crippen LogP contribution in [0, 0.1) is 0 Å². The smallest absolute Gasteiger partial charge is 0.347 e. The Balaban J connectivity index is 2.54. The summed E-state index contributed by atoms with van der Waals surface area (Å²) in [6.07, 6.45) is -0.578. The van der Waals surface area contributed by atoms with Crippen molar-refractivity contribution in [2.24, 2.45) is 0 Å². The van der Waals surface area contributed by atoms with Gasteiger partial charge in [-0.2, -0.15) is 0 Å². The molecule has 0 heterocycles. The first-order chi connectivity index (χ1) is 7.13. The van der Waals surface area contributed by atoms with Crippen LogP contribution in [0.3, 0.4) is 0 Å². The Morgan fingerprint density at radius 1 is 1.40 bits per heavy atom. The van der Waals surface area contributed by atoms with E-state index in [9.17, 15) is 4.79 Å². The van der Waals surface area contributed by atoms with Crippen molar-refractivity contribution < 1.29 is 14.3 Å². The van der Waals surface area contributed by atoms with Gasteiger partial charge in [-0.1, -0.05) is 15.9 Å². The van der Waals surface area contributed by atoms with Crippen LogP contribution in [0.15, 0.2) is 28.7 Å². The summed E-state index contributed by atoms with van der Waals surface area (Å²) in [4.78, 5) is 11.3. The zero-order valence-electron chi connectivity index (χ0n) is 8.70. The highest BCUT2D eigenvalue weighted by molar-refractivity contribution is 9.10. The van der Waals surface area contributed by atoms with E-state index in [1.165, 1.54) is 0 Å². The standard InChI is InChI=1S/C11H13BrO3/c1-3-14-11(13)8(2)15-10-6-4-9(12)5-7-10/h4-8H,3H2,1-2H3/t8-/m1/s1. The van der Waals surface area contributed by atoms with Gasteiger partial charge in [0.2, 0.25) is 0 Å². The molecule has 0 bridgehead atoms. The molecule has 1 atom stereocenters. The van der Waals surface area contributed by atoms with Gasteiger partial charge in [-0.15, -0.1) is 0 Å². The third-order valence-electron chi connectivity index (χ3n) is 1.75. The zero-order valence-corrected chi connectivity index (χ0v) is 10.3. The van der Waals surface area contributed by atoms with Crippen LogP contribution in [0.5, 0.6) is 5.75 Å². The Hall–Kier alpha value is -1.03. The highest BCUT2D eigenvalue weighted by Crippen LogP contribution is 2.17. The number of hydrogen-bond acceptors (Lipinski definition) is 3. The van der Waals surface area contributed by atoms with Crippen LogP contribution >= 0.6 is 15.9 Å². The Labute approximate surface area is 97.5 Å². The van der Waals surface area contributed by atoms with Crippen LogP contribution in [0.25, 0.3) is 0 Å². The number of benzene rings is 1. The summed E-state index contributed by atoms with van der Waals surface area (Å²) in [5, 5.41) is 0. The van der Waals surface area contributed by atoms with E-state index < -0.39 is 6.10 Å². The maximum Gasteiger partial charge on any atom is 0.347 e. The van der Waals surface area contributed by atoms with E-state index in [-0.39, 0.29) is 5.97 Å². The van der Waals surface area contributed by atoms with Gasteiger partial charge >= 0.3 is 5.97 Å². The van der Waals surface area contributed by atoms with E-state index in [2.05, 4.69) is 15.9 Å². The number of carbonyl (C=O) groups excluding carboxylic acids is 1. The molecule has 0 spiro atoms. The molecule has 0 saturated heterocycles. The van der Waals surface area contributed by atoms with Crippen molar-refractivity contribution in [2.45, 2.75) is 20.0 Å². The van der Waals surface area contributed by atoms with Gasteiger partial charge in [-0.25, -0.2) is 4.79 Å². The number of carbonyl (C=O) groups is 1. The fourth-order valence-electron chi connectivity index (χ4n) is 1.03. The molecule has 3 nitrogen and oxygen atoms in total. The predicted molar refractivity (Wildman–Crippen MR) is 60.9 cm³/mol. The average Bonchev–Trinajstić information content (AvgIpc) is 2.22. The molecule has 0 aliphatic carbocycles. The van der Waals surface area contributed by atoms with Crippen molar-refractivity contribution in [1.29, 1.82) is 0 Å². The second-order valence-corrected chi connectivity index (χ2v) is 3.88. The molecule has 0 aromatic heterocycles. The molecule has 1 aromatic carbocycles. The fraction of sp³-hybridized carbons (Fsp3) is 0.364. The van der Waals surface area contributed by atoms with E-state index in [0.29, 0.717) is 12.4 Å². The molecule has 0 aliphatic heterocycles. The lowest BCUT2D eigenvalue weighted by Gasteiger charge is -2.13. The summed E-state index contributed by atoms with van der Waals surface area (Å²) in [5.74, 6) is 0.305. The van der Waals surface area contributed by atoms with Crippen molar-refractivity contribution in [3.8, 4) is 5.75 Å². The Bertz CT molecular complexity index is 321. The van der Waals surface area contributed by atoms with Crippen molar-refractivity contribution >= 4 is 21.9 Å². The first-order valence-corrected chi connectivity index (χ1v) is 5.51. The molecule has 1 rings (SSSR count). The molecule has 82 valence electrons. The van der Waals surface area contributed by atoms with Gasteiger partial charge in [-0.05, 0) is 38.1 Å². The van der Waals surface area contributed by atoms with Crippen LogP contribution in [0.2, 0.25) is 0 Å². The highest BCUT2D eigenvalue weighted by atomic mass is 79.9. The minimum absolute atomic E-state index is 0.347. The lowest BCUT2D eigenvalue weighted by Crippen LogP contribution is -2.25. The van der Waals surface area contributed by atoms with Crippen LogP contribution in [0.1, 0.15) is 13.8 Å². The Kier molecular flexibility index (Phi) is 4.62. The monoisotopic (exact) mass is 272 g/mol. The summed E-state index contributed by atoms with van der Waals surface area (Å²) in [6.45, 7) is 3.80. The minimum Gasteiger partial charge on any atom is -0.479 e. The molecule has 0 fully saturated rings. The normalized spacial score (nSPS) is 11.9. The predicted octanol–water partition coefficient (Wildman–Crippen LogP) is 2.78. The molecular weight excluding hydrogens is 260 g/mol. The van der Waals surface area contributed by atoms with E-state index in [1.54, 1.807) is 26.0 Å². The molecular formula is C11H13BrO3. The van der Waals surface area contributed by atoms with Crippen molar-refractivity contribution in [1.82, 2.24) is 0 Å². The van der Waals surface area contributed by atoms with Gasteiger partial charge in [0, 0.05) is 4.47 Å². The van der Waals surface area contributed by atoms with E-state index in [4.69, 9.17) is 9.47 Å². The number of ether oxygens (including phenoxy) is 2. The number of halogens is 1. The highest BCUT2D eigenvalue weighted by Gasteiger charge is 2.15. The van der Waals surface area contributed by atoms with Crippen LogP contribution in [-0.2, 0) is 9.53 Å². The van der Waals surface area contributed by atoms with Gasteiger partial charge in [0.15, 0.2) is 6.10 Å². The van der Waals surface area contributed by atoms with Crippen LogP contribution < -0.4 is 4.74 Å². The van der Waals surface area contributed by atoms with Gasteiger partial charge < -0.3 is 9.47 Å². The molecule has 0 radical (unpaired) electrons. The first-order valence-electron chi connectivity index (χ1n) is 4.72. The minimum atomic E-state index is -0.578. The SMILES string of the molecule is CCOC(=O)[C@@H](C)Oc1ccc(Br)cc1. The van der Waals surface area contributed by atoms with E-state index in [0.717, 1.165) is 4.47 Å². The number of esters is 1. The molecule has 0 aliphatic rings. The summed E-state index contributed by atoms with van der Waals surface area (Å²) in [6, 6.07) is 7.29. The van der Waals surface area contributed by atoms with E-state index in [1.807, 2.05) is 12.1 Å². The average molecular weight is 273 g/mol. The summed E-state index contributed by atoms with van der Waals surface area (Å²) in [7, 11) is 0. The summed E-state index contributed by atoms with van der Waals surface area (Å²) in [5.41, 5.74) is 0. The van der Waals surface area contributed by atoms with Gasteiger partial charge in [0.25, 0.3) is 0 Å². The lowest BCUT2D eigenvalue weighted by molar-refractivity contribution is -0.150. The molecule has 0 unspecified atom stereocenters. The largest absolute Gasteiger partial charge is 0.479 e. The topological polar surface area (TPSA) is 35.5 Å². The third kappa shape index (κ3) is 3.91. The second kappa shape index (κ2) is 5.75. The fourth-order valence-corrected chi connectivity index (χ4v) is 1.29. The number of rotatable bonds is 4. The second-order valence-electron chi connectivity index (χ2n) is 2.97. The van der Waals surface area contributed by atoms with Gasteiger partial charge in [0.1, 0.15) is 5.75 Å². The quantitative estimate of drug-likeness (QED) is 0.791. The Morgan fingerprint density at radius 3 is 2.53 bits per heavy atom. The Morgan fingerprint density at radius 2 is 2.00 bits per heavy atom. The van der Waals surface area contributed by atoms with E-state index >= 15 is 0 Å². The van der Waals surface area contributed by atoms with Crippen molar-refractivity contribution in [2.75, 3.05) is 6.61 Å².